The second-order valence-electron chi connectivity index (χ2n) is 7.13. The highest BCUT2D eigenvalue weighted by molar-refractivity contribution is 6.30. The van der Waals surface area contributed by atoms with E-state index in [0.29, 0.717) is 23.1 Å². The molecule has 2 aromatic heterocycles. The molecule has 6 nitrogen and oxygen atoms in total. The Morgan fingerprint density at radius 1 is 1.13 bits per heavy atom. The molecule has 0 saturated carbocycles. The lowest BCUT2D eigenvalue weighted by Gasteiger charge is -2.13. The normalized spacial score (nSPS) is 11.9. The molecule has 1 unspecified atom stereocenters. The number of carboxylic acids is 1. The Morgan fingerprint density at radius 3 is 2.52 bits per heavy atom. The predicted molar refractivity (Wildman–Crippen MR) is 115 cm³/mol. The molecule has 4 aromatic rings. The first-order chi connectivity index (χ1) is 15.0. The highest BCUT2D eigenvalue weighted by atomic mass is 35.5. The molecule has 0 aliphatic heterocycles. The summed E-state index contributed by atoms with van der Waals surface area (Å²) in [6.45, 7) is 2.25. The number of halogens is 1. The molecule has 0 saturated heterocycles. The topological polar surface area (TPSA) is 85.7 Å². The number of ether oxygens (including phenoxy) is 1. The van der Waals surface area contributed by atoms with Gasteiger partial charge in [-0.3, -0.25) is 4.79 Å². The number of hydrogen-bond donors (Lipinski definition) is 1. The van der Waals surface area contributed by atoms with Crippen LogP contribution in [0.25, 0.3) is 11.3 Å². The summed E-state index contributed by atoms with van der Waals surface area (Å²) in [4.78, 5) is 11.3. The second-order valence-corrected chi connectivity index (χ2v) is 7.57. The molecule has 0 fully saturated rings. The van der Waals surface area contributed by atoms with Gasteiger partial charge in [-0.2, -0.15) is 0 Å². The van der Waals surface area contributed by atoms with Crippen LogP contribution >= 0.6 is 11.6 Å². The van der Waals surface area contributed by atoms with Crippen LogP contribution in [0.4, 0.5) is 0 Å². The van der Waals surface area contributed by atoms with Gasteiger partial charge in [0, 0.05) is 28.1 Å². The Bertz CT molecular complexity index is 1150. The van der Waals surface area contributed by atoms with Gasteiger partial charge < -0.3 is 18.8 Å². The minimum atomic E-state index is -0.903. The van der Waals surface area contributed by atoms with Gasteiger partial charge in [0.1, 0.15) is 30.1 Å². The van der Waals surface area contributed by atoms with Crippen molar-refractivity contribution in [1.29, 1.82) is 0 Å². The third kappa shape index (κ3) is 4.98. The van der Waals surface area contributed by atoms with Gasteiger partial charge in [0.05, 0.1) is 12.1 Å². The number of carboxylic acid groups (broad SMARTS) is 1. The zero-order chi connectivity index (χ0) is 21.8. The predicted octanol–water partition coefficient (Wildman–Crippen LogP) is 6.08. The van der Waals surface area contributed by atoms with Gasteiger partial charge in [-0.25, -0.2) is 0 Å². The lowest BCUT2D eigenvalue weighted by atomic mass is 9.92. The van der Waals surface area contributed by atoms with Crippen molar-refractivity contribution < 1.29 is 23.6 Å². The molecule has 0 aliphatic carbocycles. The summed E-state index contributed by atoms with van der Waals surface area (Å²) >= 11 is 5.95. The highest BCUT2D eigenvalue weighted by Gasteiger charge is 2.20. The van der Waals surface area contributed by atoms with E-state index in [9.17, 15) is 9.90 Å². The molecule has 0 radical (unpaired) electrons. The van der Waals surface area contributed by atoms with Gasteiger partial charge in [-0.1, -0.05) is 28.9 Å². The van der Waals surface area contributed by atoms with E-state index in [1.807, 2.05) is 61.5 Å². The van der Waals surface area contributed by atoms with Gasteiger partial charge >= 0.3 is 5.97 Å². The van der Waals surface area contributed by atoms with Gasteiger partial charge in [0.2, 0.25) is 0 Å². The highest BCUT2D eigenvalue weighted by Crippen LogP contribution is 2.30. The monoisotopic (exact) mass is 437 g/mol. The molecule has 31 heavy (non-hydrogen) atoms. The van der Waals surface area contributed by atoms with Crippen LogP contribution in [0.5, 0.6) is 5.75 Å². The Hall–Kier alpha value is -3.51. The van der Waals surface area contributed by atoms with E-state index in [2.05, 4.69) is 5.16 Å². The van der Waals surface area contributed by atoms with E-state index in [1.54, 1.807) is 6.07 Å². The van der Waals surface area contributed by atoms with Gasteiger partial charge in [-0.15, -0.1) is 0 Å². The number of benzene rings is 2. The first-order valence-electron chi connectivity index (χ1n) is 9.69. The summed E-state index contributed by atoms with van der Waals surface area (Å²) in [5.41, 5.74) is 3.30. The molecule has 2 aromatic carbocycles. The number of hydrogen-bond acceptors (Lipinski definition) is 5. The molecule has 0 bridgehead atoms. The van der Waals surface area contributed by atoms with Crippen LogP contribution in [-0.2, 0) is 11.4 Å². The van der Waals surface area contributed by atoms with Crippen molar-refractivity contribution in [1.82, 2.24) is 5.16 Å². The first-order valence-corrected chi connectivity index (χ1v) is 10.1. The van der Waals surface area contributed by atoms with Gasteiger partial charge in [0.25, 0.3) is 0 Å². The van der Waals surface area contributed by atoms with E-state index in [4.69, 9.17) is 25.3 Å². The molecule has 7 heteroatoms. The molecular formula is C24H20ClNO5. The first kappa shape index (κ1) is 20.8. The lowest BCUT2D eigenvalue weighted by Crippen LogP contribution is -2.08. The maximum absolute atomic E-state index is 11.3. The van der Waals surface area contributed by atoms with Crippen LogP contribution in [-0.4, -0.2) is 16.2 Å². The number of aryl methyl sites for hydroxylation is 1. The molecule has 0 amide bonds. The Labute approximate surface area is 184 Å². The molecular weight excluding hydrogens is 418 g/mol. The smallest absolute Gasteiger partial charge is 0.304 e. The zero-order valence-electron chi connectivity index (χ0n) is 16.7. The third-order valence-corrected chi connectivity index (χ3v) is 5.27. The molecule has 158 valence electrons. The van der Waals surface area contributed by atoms with Crippen LogP contribution in [0.3, 0.4) is 0 Å². The third-order valence-electron chi connectivity index (χ3n) is 5.02. The Balaban J connectivity index is 1.45. The minimum Gasteiger partial charge on any atom is -0.489 e. The average molecular weight is 438 g/mol. The van der Waals surface area contributed by atoms with Crippen LogP contribution in [0.2, 0.25) is 5.02 Å². The largest absolute Gasteiger partial charge is 0.489 e. The van der Waals surface area contributed by atoms with Gasteiger partial charge in [0.15, 0.2) is 0 Å². The number of furan rings is 1. The molecule has 4 rings (SSSR count). The van der Waals surface area contributed by atoms with Crippen LogP contribution in [0.1, 0.15) is 34.9 Å². The number of carbonyl (C=O) groups is 1. The van der Waals surface area contributed by atoms with Crippen molar-refractivity contribution in [2.45, 2.75) is 25.9 Å². The quantitative estimate of drug-likeness (QED) is 0.359. The van der Waals surface area contributed by atoms with Crippen molar-refractivity contribution in [3.05, 3.63) is 94.5 Å². The maximum Gasteiger partial charge on any atom is 0.304 e. The zero-order valence-corrected chi connectivity index (χ0v) is 17.5. The fraction of sp³-hybridized carbons (Fsp3) is 0.167. The molecule has 0 aliphatic rings. The fourth-order valence-corrected chi connectivity index (χ4v) is 3.47. The number of nitrogens with zero attached hydrogens (tertiary/aromatic N) is 1. The van der Waals surface area contributed by atoms with E-state index in [-0.39, 0.29) is 12.3 Å². The Morgan fingerprint density at radius 2 is 1.87 bits per heavy atom. The fourth-order valence-electron chi connectivity index (χ4n) is 3.35. The van der Waals surface area contributed by atoms with E-state index >= 15 is 0 Å². The van der Waals surface area contributed by atoms with Crippen molar-refractivity contribution >= 4 is 17.6 Å². The second kappa shape index (κ2) is 9.10. The maximum atomic E-state index is 11.3. The summed E-state index contributed by atoms with van der Waals surface area (Å²) in [7, 11) is 0. The molecule has 0 spiro atoms. The average Bonchev–Trinajstić information content (AvgIpc) is 3.41. The summed E-state index contributed by atoms with van der Waals surface area (Å²) < 4.78 is 16.7. The van der Waals surface area contributed by atoms with Crippen LogP contribution in [0, 0.1) is 6.92 Å². The van der Waals surface area contributed by atoms with E-state index in [0.717, 1.165) is 28.2 Å². The summed E-state index contributed by atoms with van der Waals surface area (Å²) in [5.74, 6) is 0.927. The number of rotatable bonds is 8. The van der Waals surface area contributed by atoms with Crippen molar-refractivity contribution in [3.8, 4) is 17.1 Å². The molecule has 2 heterocycles. The SMILES string of the molecule is Cc1oc(-c2ccc(Cl)cc2)cc1COc1ccc(C(CC(=O)O)c2ccon2)cc1. The van der Waals surface area contributed by atoms with Crippen LogP contribution in [0.15, 0.2) is 75.9 Å². The number of aromatic nitrogens is 1. The summed E-state index contributed by atoms with van der Waals surface area (Å²) in [5, 5.41) is 13.8. The van der Waals surface area contributed by atoms with Crippen LogP contribution < -0.4 is 4.74 Å². The van der Waals surface area contributed by atoms with Crippen molar-refractivity contribution in [2.75, 3.05) is 0 Å². The summed E-state index contributed by atoms with van der Waals surface area (Å²) in [6.07, 6.45) is 1.36. The number of aliphatic carboxylic acids is 1. The molecule has 1 atom stereocenters. The summed E-state index contributed by atoms with van der Waals surface area (Å²) in [6, 6.07) is 18.4. The minimum absolute atomic E-state index is 0.0750. The lowest BCUT2D eigenvalue weighted by molar-refractivity contribution is -0.137. The van der Waals surface area contributed by atoms with E-state index < -0.39 is 5.97 Å². The van der Waals surface area contributed by atoms with E-state index in [1.165, 1.54) is 6.26 Å². The standard InChI is InChI=1S/C24H20ClNO5/c1-15-18(12-23(31-15)17-2-6-19(25)7-3-17)14-29-20-8-4-16(5-9-20)21(13-24(27)28)22-10-11-30-26-22/h2-12,21H,13-14H2,1H3,(H,27,28). The van der Waals surface area contributed by atoms with Crippen molar-refractivity contribution in [3.63, 3.8) is 0 Å². The molecule has 1 N–H and O–H groups in total. The van der Waals surface area contributed by atoms with Crippen molar-refractivity contribution in [2.24, 2.45) is 0 Å². The Kier molecular flexibility index (Phi) is 6.09. The van der Waals surface area contributed by atoms with Gasteiger partial charge in [-0.05, 0) is 55.0 Å².